The van der Waals surface area contributed by atoms with Gasteiger partial charge in [-0.05, 0) is 52.6 Å². The maximum atomic E-state index is 13.9. The van der Waals surface area contributed by atoms with E-state index >= 15 is 0 Å². The van der Waals surface area contributed by atoms with Gasteiger partial charge in [0, 0.05) is 27.2 Å². The van der Waals surface area contributed by atoms with Gasteiger partial charge in [-0.1, -0.05) is 109 Å². The zero-order valence-electron chi connectivity index (χ0n) is 21.5. The normalized spacial score (nSPS) is 11.6. The molecule has 8 aromatic rings. The first-order chi connectivity index (χ1) is 19.8. The number of nitrogens with zero attached hydrogens (tertiary/aromatic N) is 1. The van der Waals surface area contributed by atoms with Crippen LogP contribution in [0.3, 0.4) is 0 Å². The van der Waals surface area contributed by atoms with Gasteiger partial charge in [0.15, 0.2) is 0 Å². The topological polar surface area (TPSA) is 35.1 Å². The Bertz CT molecular complexity index is 2260. The lowest BCUT2D eigenvalue weighted by atomic mass is 9.93. The van der Waals surface area contributed by atoms with Crippen LogP contribution in [0.4, 0.5) is 0 Å². The highest BCUT2D eigenvalue weighted by atomic mass is 16.4. The molecule has 0 fully saturated rings. The van der Waals surface area contributed by atoms with Crippen molar-refractivity contribution in [3.05, 3.63) is 150 Å². The highest BCUT2D eigenvalue weighted by molar-refractivity contribution is 6.28. The number of benzene rings is 6. The van der Waals surface area contributed by atoms with Crippen molar-refractivity contribution >= 4 is 43.5 Å². The zero-order valence-corrected chi connectivity index (χ0v) is 21.5. The molecule has 0 aliphatic carbocycles. The van der Waals surface area contributed by atoms with Crippen LogP contribution < -0.4 is 5.63 Å². The van der Waals surface area contributed by atoms with Gasteiger partial charge in [-0.3, -0.25) is 0 Å². The molecule has 3 heteroatoms. The first-order valence-electron chi connectivity index (χ1n) is 13.4. The number of rotatable bonds is 3. The van der Waals surface area contributed by atoms with Crippen molar-refractivity contribution in [3.8, 4) is 27.9 Å². The molecule has 0 radical (unpaired) electrons. The summed E-state index contributed by atoms with van der Waals surface area (Å²) in [6.45, 7) is 0. The second-order valence-corrected chi connectivity index (χ2v) is 10.1. The molecular formula is C37H23NO2. The van der Waals surface area contributed by atoms with Crippen molar-refractivity contribution in [2.24, 2.45) is 0 Å². The van der Waals surface area contributed by atoms with E-state index in [1.807, 2.05) is 54.6 Å². The molecule has 3 nitrogen and oxygen atoms in total. The van der Waals surface area contributed by atoms with Gasteiger partial charge >= 0.3 is 5.63 Å². The minimum Gasteiger partial charge on any atom is -0.422 e. The van der Waals surface area contributed by atoms with Crippen LogP contribution in [0.25, 0.3) is 71.5 Å². The van der Waals surface area contributed by atoms with Crippen LogP contribution in [0.2, 0.25) is 0 Å². The molecule has 0 amide bonds. The van der Waals surface area contributed by atoms with Gasteiger partial charge in [-0.25, -0.2) is 4.79 Å². The summed E-state index contributed by atoms with van der Waals surface area (Å²) < 4.78 is 8.24. The maximum absolute atomic E-state index is 13.9. The van der Waals surface area contributed by atoms with Crippen LogP contribution >= 0.6 is 0 Å². The van der Waals surface area contributed by atoms with Crippen molar-refractivity contribution < 1.29 is 4.42 Å². The lowest BCUT2D eigenvalue weighted by Crippen LogP contribution is -2.02. The van der Waals surface area contributed by atoms with Crippen LogP contribution in [0.15, 0.2) is 149 Å². The minimum atomic E-state index is -0.323. The van der Waals surface area contributed by atoms with Crippen molar-refractivity contribution in [3.63, 3.8) is 0 Å². The molecule has 0 saturated heterocycles. The Morgan fingerprint density at radius 3 is 1.88 bits per heavy atom. The molecule has 0 atom stereocenters. The predicted octanol–water partition coefficient (Wildman–Crippen LogP) is 9.38. The van der Waals surface area contributed by atoms with Crippen LogP contribution in [0.5, 0.6) is 0 Å². The van der Waals surface area contributed by atoms with Crippen LogP contribution in [-0.4, -0.2) is 4.57 Å². The van der Waals surface area contributed by atoms with E-state index < -0.39 is 0 Å². The van der Waals surface area contributed by atoms with E-state index in [0.717, 1.165) is 60.5 Å². The molecule has 0 saturated carbocycles. The second kappa shape index (κ2) is 8.82. The van der Waals surface area contributed by atoms with Gasteiger partial charge < -0.3 is 8.98 Å². The van der Waals surface area contributed by atoms with E-state index in [2.05, 4.69) is 89.5 Å². The van der Waals surface area contributed by atoms with Gasteiger partial charge in [0.2, 0.25) is 0 Å². The molecule has 0 bridgehead atoms. The van der Waals surface area contributed by atoms with Crippen LogP contribution in [0.1, 0.15) is 0 Å². The Balaban J connectivity index is 1.63. The van der Waals surface area contributed by atoms with Gasteiger partial charge in [0.1, 0.15) is 5.58 Å². The Hall–Kier alpha value is -5.41. The standard InChI is InChI=1S/C37H23NO2/c39-37-36-34(29-18-10-11-19-33(29)40-37)30(25-14-6-2-7-15-25)23-32-35(36)28-21-20-26(24-12-4-1-5-13-24)22-31(28)38(32)27-16-8-3-9-17-27/h1-23H. The average Bonchev–Trinajstić information content (AvgIpc) is 3.35. The summed E-state index contributed by atoms with van der Waals surface area (Å²) in [7, 11) is 0. The summed E-state index contributed by atoms with van der Waals surface area (Å²) in [5.41, 5.74) is 7.66. The number of fused-ring (bicyclic) bond motifs is 7. The Labute approximate surface area is 230 Å². The van der Waals surface area contributed by atoms with Crippen molar-refractivity contribution in [1.29, 1.82) is 0 Å². The quantitative estimate of drug-likeness (QED) is 0.174. The summed E-state index contributed by atoms with van der Waals surface area (Å²) in [6, 6.07) is 47.6. The molecule has 2 aromatic heterocycles. The van der Waals surface area contributed by atoms with Crippen molar-refractivity contribution in [2.75, 3.05) is 0 Å². The van der Waals surface area contributed by atoms with E-state index in [0.29, 0.717) is 11.0 Å². The Morgan fingerprint density at radius 2 is 1.12 bits per heavy atom. The third kappa shape index (κ3) is 3.35. The lowest BCUT2D eigenvalue weighted by molar-refractivity contribution is 0.570. The van der Waals surface area contributed by atoms with Crippen molar-refractivity contribution in [2.45, 2.75) is 0 Å². The first kappa shape index (κ1) is 22.6. The fraction of sp³-hybridized carbons (Fsp3) is 0. The lowest BCUT2D eigenvalue weighted by Gasteiger charge is -2.13. The number of hydrogen-bond donors (Lipinski definition) is 0. The largest absolute Gasteiger partial charge is 0.422 e. The minimum absolute atomic E-state index is 0.323. The summed E-state index contributed by atoms with van der Waals surface area (Å²) in [4.78, 5) is 13.9. The fourth-order valence-electron chi connectivity index (χ4n) is 6.08. The molecule has 0 N–H and O–H groups in total. The predicted molar refractivity (Wildman–Crippen MR) is 165 cm³/mol. The SMILES string of the molecule is O=c1oc2ccccc2c2c(-c3ccccc3)cc3c(c4ccc(-c5ccccc5)cc4n3-c3ccccc3)c12. The number of para-hydroxylation sites is 2. The molecule has 6 aromatic carbocycles. The monoisotopic (exact) mass is 513 g/mol. The summed E-state index contributed by atoms with van der Waals surface area (Å²) in [6.07, 6.45) is 0. The smallest absolute Gasteiger partial charge is 0.344 e. The first-order valence-corrected chi connectivity index (χ1v) is 13.4. The highest BCUT2D eigenvalue weighted by Crippen LogP contribution is 2.43. The van der Waals surface area contributed by atoms with Gasteiger partial charge in [0.05, 0.1) is 16.4 Å². The van der Waals surface area contributed by atoms with Gasteiger partial charge in [0.25, 0.3) is 0 Å². The highest BCUT2D eigenvalue weighted by Gasteiger charge is 2.22. The molecule has 2 heterocycles. The van der Waals surface area contributed by atoms with E-state index in [4.69, 9.17) is 4.42 Å². The van der Waals surface area contributed by atoms with E-state index in [1.54, 1.807) is 0 Å². The number of aromatic nitrogens is 1. The fourth-order valence-corrected chi connectivity index (χ4v) is 6.08. The third-order valence-electron chi connectivity index (χ3n) is 7.82. The second-order valence-electron chi connectivity index (χ2n) is 10.1. The molecule has 8 rings (SSSR count). The average molecular weight is 514 g/mol. The Morgan fingerprint density at radius 1 is 0.475 bits per heavy atom. The summed E-state index contributed by atoms with van der Waals surface area (Å²) >= 11 is 0. The summed E-state index contributed by atoms with van der Waals surface area (Å²) in [5, 5.41) is 4.39. The third-order valence-corrected chi connectivity index (χ3v) is 7.82. The Kier molecular flexibility index (Phi) is 4.98. The van der Waals surface area contributed by atoms with Crippen LogP contribution in [0, 0.1) is 0 Å². The molecule has 188 valence electrons. The van der Waals surface area contributed by atoms with Crippen LogP contribution in [-0.2, 0) is 0 Å². The molecule has 0 aliphatic heterocycles. The molecule has 0 spiro atoms. The van der Waals surface area contributed by atoms with Gasteiger partial charge in [-0.2, -0.15) is 0 Å². The van der Waals surface area contributed by atoms with E-state index in [9.17, 15) is 4.79 Å². The zero-order chi connectivity index (χ0) is 26.6. The van der Waals surface area contributed by atoms with E-state index in [1.165, 1.54) is 0 Å². The molecule has 0 unspecified atom stereocenters. The molecular weight excluding hydrogens is 490 g/mol. The van der Waals surface area contributed by atoms with Gasteiger partial charge in [-0.15, -0.1) is 0 Å². The number of hydrogen-bond acceptors (Lipinski definition) is 2. The molecule has 0 aliphatic rings. The maximum Gasteiger partial charge on any atom is 0.344 e. The summed E-state index contributed by atoms with van der Waals surface area (Å²) in [5.74, 6) is 0. The van der Waals surface area contributed by atoms with E-state index in [-0.39, 0.29) is 5.63 Å². The molecule has 40 heavy (non-hydrogen) atoms. The van der Waals surface area contributed by atoms with Crippen molar-refractivity contribution in [1.82, 2.24) is 4.57 Å².